The van der Waals surface area contributed by atoms with Gasteiger partial charge in [-0.25, -0.2) is 0 Å². The lowest BCUT2D eigenvalue weighted by atomic mass is 10.1. The number of nitro groups is 1. The van der Waals surface area contributed by atoms with Gasteiger partial charge < -0.3 is 10.6 Å². The Kier molecular flexibility index (Phi) is 4.44. The smallest absolute Gasteiger partial charge is 0.293 e. The standard InChI is InChI=1S/C13H17N3O4/c1-8(17)14-10-6-5-9(7-11(10)16(19)20)12(18)15-13(2,3)4/h5-7H,1-4H3,(H,14,17)(H,15,18). The number of hydrogen-bond acceptors (Lipinski definition) is 4. The molecule has 1 aromatic rings. The summed E-state index contributed by atoms with van der Waals surface area (Å²) < 4.78 is 0. The molecule has 1 rings (SSSR count). The molecule has 0 aromatic heterocycles. The minimum Gasteiger partial charge on any atom is -0.347 e. The molecule has 7 nitrogen and oxygen atoms in total. The van der Waals surface area contributed by atoms with Crippen molar-refractivity contribution in [1.29, 1.82) is 0 Å². The van der Waals surface area contributed by atoms with Crippen molar-refractivity contribution in [2.45, 2.75) is 33.2 Å². The Bertz CT molecular complexity index is 561. The van der Waals surface area contributed by atoms with E-state index in [1.54, 1.807) is 0 Å². The SMILES string of the molecule is CC(=O)Nc1ccc(C(=O)NC(C)(C)C)cc1[N+](=O)[O-]. The van der Waals surface area contributed by atoms with Gasteiger partial charge in [0.2, 0.25) is 5.91 Å². The number of rotatable bonds is 3. The maximum atomic E-state index is 11.9. The molecule has 7 heteroatoms. The summed E-state index contributed by atoms with van der Waals surface area (Å²) in [6, 6.07) is 3.92. The molecule has 2 amide bonds. The van der Waals surface area contributed by atoms with Crippen LogP contribution in [0.25, 0.3) is 0 Å². The summed E-state index contributed by atoms with van der Waals surface area (Å²) in [6.07, 6.45) is 0. The molecule has 1 aromatic carbocycles. The van der Waals surface area contributed by atoms with Crippen LogP contribution in [0.5, 0.6) is 0 Å². The second-order valence-electron chi connectivity index (χ2n) is 5.37. The largest absolute Gasteiger partial charge is 0.347 e. The minimum atomic E-state index is -0.640. The zero-order chi connectivity index (χ0) is 15.5. The molecule has 108 valence electrons. The van der Waals surface area contributed by atoms with E-state index < -0.39 is 22.3 Å². The Morgan fingerprint density at radius 2 is 1.85 bits per heavy atom. The first-order valence-electron chi connectivity index (χ1n) is 5.99. The molecule has 0 unspecified atom stereocenters. The van der Waals surface area contributed by atoms with Gasteiger partial charge in [-0.2, -0.15) is 0 Å². The highest BCUT2D eigenvalue weighted by Gasteiger charge is 2.20. The number of hydrogen-bond donors (Lipinski definition) is 2. The number of benzene rings is 1. The van der Waals surface area contributed by atoms with E-state index in [0.717, 1.165) is 6.07 Å². The van der Waals surface area contributed by atoms with Crippen LogP contribution in [0.15, 0.2) is 18.2 Å². The van der Waals surface area contributed by atoms with Crippen molar-refractivity contribution in [1.82, 2.24) is 5.32 Å². The van der Waals surface area contributed by atoms with E-state index in [4.69, 9.17) is 0 Å². The molecule has 0 bridgehead atoms. The Balaban J connectivity index is 3.13. The monoisotopic (exact) mass is 279 g/mol. The first kappa shape index (κ1) is 15.6. The van der Waals surface area contributed by atoms with Crippen LogP contribution in [0.4, 0.5) is 11.4 Å². The molecule has 0 aliphatic carbocycles. The van der Waals surface area contributed by atoms with E-state index in [1.165, 1.54) is 19.1 Å². The molecule has 0 spiro atoms. The molecule has 0 radical (unpaired) electrons. The van der Waals surface area contributed by atoms with Gasteiger partial charge in [-0.15, -0.1) is 0 Å². The normalized spacial score (nSPS) is 10.8. The van der Waals surface area contributed by atoms with Crippen LogP contribution in [0, 0.1) is 10.1 Å². The van der Waals surface area contributed by atoms with Crippen molar-refractivity contribution < 1.29 is 14.5 Å². The van der Waals surface area contributed by atoms with Gasteiger partial charge in [0.05, 0.1) is 4.92 Å². The third kappa shape index (κ3) is 4.34. The van der Waals surface area contributed by atoms with Gasteiger partial charge in [-0.1, -0.05) is 0 Å². The van der Waals surface area contributed by atoms with Crippen molar-refractivity contribution in [3.63, 3.8) is 0 Å². The number of carbonyl (C=O) groups is 2. The van der Waals surface area contributed by atoms with Gasteiger partial charge in [0.25, 0.3) is 11.6 Å². The molecular formula is C13H17N3O4. The van der Waals surface area contributed by atoms with Crippen molar-refractivity contribution >= 4 is 23.2 Å². The molecule has 0 aliphatic rings. The fraction of sp³-hybridized carbons (Fsp3) is 0.385. The number of carbonyl (C=O) groups excluding carboxylic acids is 2. The van der Waals surface area contributed by atoms with Gasteiger partial charge in [0.1, 0.15) is 5.69 Å². The van der Waals surface area contributed by atoms with Crippen molar-refractivity contribution in [3.8, 4) is 0 Å². The lowest BCUT2D eigenvalue weighted by Crippen LogP contribution is -2.40. The predicted molar refractivity (Wildman–Crippen MR) is 74.6 cm³/mol. The van der Waals surface area contributed by atoms with Crippen LogP contribution >= 0.6 is 0 Å². The maximum Gasteiger partial charge on any atom is 0.293 e. The zero-order valence-corrected chi connectivity index (χ0v) is 11.8. The summed E-state index contributed by atoms with van der Waals surface area (Å²) in [7, 11) is 0. The molecule has 0 fully saturated rings. The van der Waals surface area contributed by atoms with Crippen LogP contribution in [0.3, 0.4) is 0 Å². The molecule has 0 saturated heterocycles. The summed E-state index contributed by atoms with van der Waals surface area (Å²) in [6.45, 7) is 6.69. The van der Waals surface area contributed by atoms with Crippen molar-refractivity contribution in [2.75, 3.05) is 5.32 Å². The highest BCUT2D eigenvalue weighted by atomic mass is 16.6. The number of amides is 2. The Morgan fingerprint density at radius 1 is 1.25 bits per heavy atom. The van der Waals surface area contributed by atoms with E-state index in [1.807, 2.05) is 20.8 Å². The van der Waals surface area contributed by atoms with Crippen LogP contribution in [0.1, 0.15) is 38.1 Å². The van der Waals surface area contributed by atoms with Crippen LogP contribution in [0.2, 0.25) is 0 Å². The lowest BCUT2D eigenvalue weighted by Gasteiger charge is -2.20. The molecule has 0 aliphatic heterocycles. The summed E-state index contributed by atoms with van der Waals surface area (Å²) in [5, 5.41) is 16.1. The lowest BCUT2D eigenvalue weighted by molar-refractivity contribution is -0.384. The van der Waals surface area contributed by atoms with E-state index in [0.29, 0.717) is 0 Å². The number of anilines is 1. The number of nitro benzene ring substituents is 1. The summed E-state index contributed by atoms with van der Waals surface area (Å²) >= 11 is 0. The van der Waals surface area contributed by atoms with Crippen LogP contribution in [-0.4, -0.2) is 22.3 Å². The maximum absolute atomic E-state index is 11.9. The van der Waals surface area contributed by atoms with E-state index in [2.05, 4.69) is 10.6 Å². The molecule has 0 atom stereocenters. The number of nitrogens with one attached hydrogen (secondary N) is 2. The van der Waals surface area contributed by atoms with Gasteiger partial charge in [-0.05, 0) is 32.9 Å². The molecule has 0 heterocycles. The van der Waals surface area contributed by atoms with E-state index in [-0.39, 0.29) is 16.9 Å². The van der Waals surface area contributed by atoms with Gasteiger partial charge in [0.15, 0.2) is 0 Å². The summed E-state index contributed by atoms with van der Waals surface area (Å²) in [5.74, 6) is -0.824. The second-order valence-corrected chi connectivity index (χ2v) is 5.37. The summed E-state index contributed by atoms with van der Waals surface area (Å²) in [4.78, 5) is 33.3. The number of nitrogens with zero attached hydrogens (tertiary/aromatic N) is 1. The molecule has 0 saturated carbocycles. The average Bonchev–Trinajstić information content (AvgIpc) is 2.25. The molecular weight excluding hydrogens is 262 g/mol. The third-order valence-electron chi connectivity index (χ3n) is 2.26. The Morgan fingerprint density at radius 3 is 2.30 bits per heavy atom. The van der Waals surface area contributed by atoms with E-state index in [9.17, 15) is 19.7 Å². The van der Waals surface area contributed by atoms with Gasteiger partial charge in [0, 0.05) is 24.1 Å². The first-order chi connectivity index (χ1) is 9.10. The zero-order valence-electron chi connectivity index (χ0n) is 11.8. The van der Waals surface area contributed by atoms with Crippen LogP contribution < -0.4 is 10.6 Å². The molecule has 2 N–H and O–H groups in total. The fourth-order valence-electron chi connectivity index (χ4n) is 1.53. The third-order valence-corrected chi connectivity index (χ3v) is 2.26. The van der Waals surface area contributed by atoms with Crippen LogP contribution in [-0.2, 0) is 4.79 Å². The Hall–Kier alpha value is -2.44. The summed E-state index contributed by atoms with van der Waals surface area (Å²) in [5.41, 5.74) is -0.528. The Labute approximate surface area is 116 Å². The minimum absolute atomic E-state index is 0.0646. The van der Waals surface area contributed by atoms with Crippen molar-refractivity contribution in [2.24, 2.45) is 0 Å². The predicted octanol–water partition coefficient (Wildman–Crippen LogP) is 2.08. The second kappa shape index (κ2) is 5.68. The average molecular weight is 279 g/mol. The first-order valence-corrected chi connectivity index (χ1v) is 5.99. The van der Waals surface area contributed by atoms with Gasteiger partial charge in [-0.3, -0.25) is 19.7 Å². The van der Waals surface area contributed by atoms with Crippen molar-refractivity contribution in [3.05, 3.63) is 33.9 Å². The fourth-order valence-corrected chi connectivity index (χ4v) is 1.53. The highest BCUT2D eigenvalue weighted by Crippen LogP contribution is 2.25. The van der Waals surface area contributed by atoms with Gasteiger partial charge >= 0.3 is 0 Å². The topological polar surface area (TPSA) is 101 Å². The quantitative estimate of drug-likeness (QED) is 0.653. The van der Waals surface area contributed by atoms with E-state index >= 15 is 0 Å². The highest BCUT2D eigenvalue weighted by molar-refractivity contribution is 5.97. The molecule has 20 heavy (non-hydrogen) atoms.